The van der Waals surface area contributed by atoms with Gasteiger partial charge in [0.25, 0.3) is 5.69 Å². The topological polar surface area (TPSA) is 53.9 Å². The van der Waals surface area contributed by atoms with Gasteiger partial charge in [-0.15, -0.1) is 0 Å². The first-order valence-corrected chi connectivity index (χ1v) is 2.49. The van der Waals surface area contributed by atoms with E-state index in [1.54, 1.807) is 6.92 Å². The lowest BCUT2D eigenvalue weighted by Gasteiger charge is -1.97. The second-order valence-electron chi connectivity index (χ2n) is 1.75. The molecule has 48 valence electrons. The van der Waals surface area contributed by atoms with Crippen molar-refractivity contribution in [2.24, 2.45) is 0 Å². The summed E-state index contributed by atoms with van der Waals surface area (Å²) in [5.74, 6) is 0. The van der Waals surface area contributed by atoms with Crippen LogP contribution in [0.1, 0.15) is 5.69 Å². The molecule has 4 heteroatoms. The molecule has 0 N–H and O–H groups in total. The molecule has 1 heterocycles. The summed E-state index contributed by atoms with van der Waals surface area (Å²) in [6.45, 7) is 1.57. The van der Waals surface area contributed by atoms with Crippen molar-refractivity contribution >= 4 is 0 Å². The van der Waals surface area contributed by atoms with E-state index in [0.717, 1.165) is 6.20 Å². The van der Waals surface area contributed by atoms with Crippen LogP contribution in [0, 0.1) is 17.3 Å². The van der Waals surface area contributed by atoms with Gasteiger partial charge in [0.1, 0.15) is 0 Å². The number of aromatic nitrogens is 2. The molecular weight excluding hydrogens is 120 g/mol. The molecule has 9 heavy (non-hydrogen) atoms. The standard InChI is InChI=1S/C5H6N2O2/c1-5-4-6(8)2-3-7(5)9/h2-4H,1H3. The third kappa shape index (κ3) is 1.07. The van der Waals surface area contributed by atoms with Crippen molar-refractivity contribution in [1.29, 1.82) is 0 Å². The van der Waals surface area contributed by atoms with Gasteiger partial charge in [-0.3, -0.25) is 0 Å². The SMILES string of the molecule is Cc1c[n+]([O-])cc[n+]1[O-]. The minimum atomic E-state index is 0.396. The van der Waals surface area contributed by atoms with Gasteiger partial charge in [-0.25, -0.2) is 0 Å². The summed E-state index contributed by atoms with van der Waals surface area (Å²) >= 11 is 0. The zero-order chi connectivity index (χ0) is 6.85. The van der Waals surface area contributed by atoms with Gasteiger partial charge in [0, 0.05) is 6.92 Å². The van der Waals surface area contributed by atoms with E-state index in [-0.39, 0.29) is 0 Å². The van der Waals surface area contributed by atoms with Gasteiger partial charge >= 0.3 is 0 Å². The van der Waals surface area contributed by atoms with E-state index in [4.69, 9.17) is 0 Å². The monoisotopic (exact) mass is 126 g/mol. The number of hydrogen-bond acceptors (Lipinski definition) is 2. The number of rotatable bonds is 0. The van der Waals surface area contributed by atoms with Crippen molar-refractivity contribution in [3.8, 4) is 0 Å². The molecule has 4 nitrogen and oxygen atoms in total. The first-order chi connectivity index (χ1) is 4.20. The molecule has 0 saturated carbocycles. The molecule has 0 unspecified atom stereocenters. The second kappa shape index (κ2) is 1.89. The third-order valence-electron chi connectivity index (χ3n) is 1.01. The van der Waals surface area contributed by atoms with Gasteiger partial charge in [0.2, 0.25) is 18.6 Å². The van der Waals surface area contributed by atoms with Crippen LogP contribution >= 0.6 is 0 Å². The van der Waals surface area contributed by atoms with E-state index in [0.29, 0.717) is 15.2 Å². The Bertz CT molecular complexity index is 224. The van der Waals surface area contributed by atoms with Crippen LogP contribution in [0.3, 0.4) is 0 Å². The Balaban J connectivity index is 3.17. The Morgan fingerprint density at radius 1 is 1.33 bits per heavy atom. The van der Waals surface area contributed by atoms with E-state index in [2.05, 4.69) is 0 Å². The molecule has 1 aromatic rings. The Kier molecular flexibility index (Phi) is 1.22. The Hall–Kier alpha value is -1.32. The minimum Gasteiger partial charge on any atom is -0.618 e. The Morgan fingerprint density at radius 2 is 2.00 bits per heavy atom. The van der Waals surface area contributed by atoms with Gasteiger partial charge in [0.05, 0.1) is 0 Å². The molecule has 0 amide bonds. The summed E-state index contributed by atoms with van der Waals surface area (Å²) in [4.78, 5) is 0. The average molecular weight is 126 g/mol. The first kappa shape index (κ1) is 5.81. The number of hydrogen-bond donors (Lipinski definition) is 0. The molecule has 0 radical (unpaired) electrons. The zero-order valence-corrected chi connectivity index (χ0v) is 4.94. The fraction of sp³-hybridized carbons (Fsp3) is 0.200. The molecule has 0 aliphatic heterocycles. The molecule has 0 spiro atoms. The Labute approximate surface area is 52.2 Å². The maximum atomic E-state index is 10.5. The van der Waals surface area contributed by atoms with Crippen molar-refractivity contribution < 1.29 is 9.46 Å². The summed E-state index contributed by atoms with van der Waals surface area (Å²) < 4.78 is 1.22. The van der Waals surface area contributed by atoms with Crippen molar-refractivity contribution in [3.05, 3.63) is 34.7 Å². The lowest BCUT2D eigenvalue weighted by molar-refractivity contribution is -0.669. The van der Waals surface area contributed by atoms with E-state index in [1.165, 1.54) is 12.4 Å². The highest BCUT2D eigenvalue weighted by atomic mass is 16.5. The summed E-state index contributed by atoms with van der Waals surface area (Å²) in [5.41, 5.74) is 0.396. The summed E-state index contributed by atoms with van der Waals surface area (Å²) in [7, 11) is 0. The second-order valence-corrected chi connectivity index (χ2v) is 1.75. The quantitative estimate of drug-likeness (QED) is 0.339. The van der Waals surface area contributed by atoms with Crippen LogP contribution in [0.2, 0.25) is 0 Å². The fourth-order valence-electron chi connectivity index (χ4n) is 0.528. The highest BCUT2D eigenvalue weighted by molar-refractivity contribution is 4.75. The van der Waals surface area contributed by atoms with E-state index in [1.807, 2.05) is 0 Å². The lowest BCUT2D eigenvalue weighted by Crippen LogP contribution is -2.37. The molecule has 0 fully saturated rings. The highest BCUT2D eigenvalue weighted by Crippen LogP contribution is 1.77. The van der Waals surface area contributed by atoms with Crippen molar-refractivity contribution in [2.75, 3.05) is 0 Å². The molecule has 0 saturated heterocycles. The third-order valence-corrected chi connectivity index (χ3v) is 1.01. The van der Waals surface area contributed by atoms with E-state index >= 15 is 0 Å². The van der Waals surface area contributed by atoms with Crippen LogP contribution in [-0.2, 0) is 0 Å². The van der Waals surface area contributed by atoms with Gasteiger partial charge in [-0.1, -0.05) is 0 Å². The van der Waals surface area contributed by atoms with Crippen molar-refractivity contribution in [1.82, 2.24) is 0 Å². The number of aryl methyl sites for hydroxylation is 1. The summed E-state index contributed by atoms with van der Waals surface area (Å²) in [6, 6.07) is 0. The Morgan fingerprint density at radius 3 is 2.44 bits per heavy atom. The molecule has 0 aliphatic carbocycles. The largest absolute Gasteiger partial charge is 0.618 e. The van der Waals surface area contributed by atoms with E-state index in [9.17, 15) is 10.4 Å². The van der Waals surface area contributed by atoms with Gasteiger partial charge in [0.15, 0.2) is 0 Å². The van der Waals surface area contributed by atoms with Gasteiger partial charge in [-0.2, -0.15) is 9.46 Å². The maximum Gasteiger partial charge on any atom is 0.255 e. The highest BCUT2D eigenvalue weighted by Gasteiger charge is 2.00. The normalized spacial score (nSPS) is 9.44. The predicted octanol–water partition coefficient (Wildman–Crippen LogP) is -0.738. The smallest absolute Gasteiger partial charge is 0.255 e. The average Bonchev–Trinajstić information content (AvgIpc) is 1.80. The molecule has 0 aliphatic rings. The van der Waals surface area contributed by atoms with Gasteiger partial charge < -0.3 is 10.4 Å². The fourth-order valence-corrected chi connectivity index (χ4v) is 0.528. The molecule has 1 rings (SSSR count). The van der Waals surface area contributed by atoms with Crippen molar-refractivity contribution in [2.45, 2.75) is 6.92 Å². The van der Waals surface area contributed by atoms with Crippen LogP contribution in [0.5, 0.6) is 0 Å². The molecule has 0 atom stereocenters. The van der Waals surface area contributed by atoms with Gasteiger partial charge in [-0.05, 0) is 0 Å². The number of nitrogens with zero attached hydrogens (tertiary/aromatic N) is 2. The first-order valence-electron chi connectivity index (χ1n) is 2.49. The molecule has 0 aromatic carbocycles. The van der Waals surface area contributed by atoms with Crippen LogP contribution in [0.25, 0.3) is 0 Å². The minimum absolute atomic E-state index is 0.396. The van der Waals surface area contributed by atoms with Crippen LogP contribution in [0.15, 0.2) is 18.6 Å². The summed E-state index contributed by atoms with van der Waals surface area (Å²) in [5, 5.41) is 20.9. The zero-order valence-electron chi connectivity index (χ0n) is 4.94. The van der Waals surface area contributed by atoms with E-state index < -0.39 is 0 Å². The summed E-state index contributed by atoms with van der Waals surface area (Å²) in [6.07, 6.45) is 3.54. The van der Waals surface area contributed by atoms with Crippen LogP contribution in [-0.4, -0.2) is 0 Å². The molecule has 0 bridgehead atoms. The van der Waals surface area contributed by atoms with Crippen LogP contribution < -0.4 is 9.46 Å². The van der Waals surface area contributed by atoms with Crippen LogP contribution in [0.4, 0.5) is 0 Å². The van der Waals surface area contributed by atoms with Crippen molar-refractivity contribution in [3.63, 3.8) is 0 Å². The molecule has 1 aromatic heterocycles. The lowest BCUT2D eigenvalue weighted by atomic mass is 10.5. The molecular formula is C5H6N2O2. The maximum absolute atomic E-state index is 10.5. The predicted molar refractivity (Wildman–Crippen MR) is 29.1 cm³/mol.